The summed E-state index contributed by atoms with van der Waals surface area (Å²) in [5.41, 5.74) is 1.86. The Bertz CT molecular complexity index is 1330. The average molecular weight is 387 g/mol. The van der Waals surface area contributed by atoms with Crippen LogP contribution in [0.1, 0.15) is 5.56 Å². The highest BCUT2D eigenvalue weighted by Crippen LogP contribution is 2.42. The second kappa shape index (κ2) is 6.52. The molecule has 0 aliphatic rings. The van der Waals surface area contributed by atoms with E-state index in [0.717, 1.165) is 22.2 Å². The van der Waals surface area contributed by atoms with Crippen molar-refractivity contribution in [1.82, 2.24) is 4.57 Å². The van der Waals surface area contributed by atoms with Crippen molar-refractivity contribution < 1.29 is 13.2 Å². The Morgan fingerprint density at radius 2 is 1.28 bits per heavy atom. The van der Waals surface area contributed by atoms with Gasteiger partial charge in [-0.25, -0.2) is 0 Å². The van der Waals surface area contributed by atoms with Gasteiger partial charge in [0.25, 0.3) is 0 Å². The maximum absolute atomic E-state index is 14.3. The predicted octanol–water partition coefficient (Wildman–Crippen LogP) is 7.47. The molecule has 0 fully saturated rings. The zero-order valence-electron chi connectivity index (χ0n) is 15.3. The number of aromatic nitrogens is 1. The molecule has 0 atom stereocenters. The summed E-state index contributed by atoms with van der Waals surface area (Å²) in [7, 11) is 0. The lowest BCUT2D eigenvalue weighted by molar-refractivity contribution is -0.136. The number of para-hydroxylation sites is 1. The van der Waals surface area contributed by atoms with Gasteiger partial charge in [-0.2, -0.15) is 13.2 Å². The first-order valence-corrected chi connectivity index (χ1v) is 9.29. The Balaban J connectivity index is 1.94. The highest BCUT2D eigenvalue weighted by Gasteiger charge is 2.36. The van der Waals surface area contributed by atoms with Crippen molar-refractivity contribution in [3.05, 3.63) is 103 Å². The third kappa shape index (κ3) is 2.88. The molecule has 4 aromatic carbocycles. The van der Waals surface area contributed by atoms with Crippen molar-refractivity contribution in [3.8, 4) is 16.9 Å². The Labute approximate surface area is 165 Å². The van der Waals surface area contributed by atoms with E-state index < -0.39 is 11.7 Å². The second-order valence-corrected chi connectivity index (χ2v) is 6.97. The topological polar surface area (TPSA) is 4.93 Å². The minimum Gasteiger partial charge on any atom is -0.309 e. The molecule has 0 bridgehead atoms. The molecular weight excluding hydrogens is 371 g/mol. The van der Waals surface area contributed by atoms with Crippen LogP contribution in [-0.2, 0) is 6.18 Å². The molecule has 0 amide bonds. The third-order valence-electron chi connectivity index (χ3n) is 5.21. The summed E-state index contributed by atoms with van der Waals surface area (Å²) in [6.07, 6.45) is -4.49. The molecule has 0 saturated heterocycles. The molecule has 5 rings (SSSR count). The summed E-state index contributed by atoms with van der Waals surface area (Å²) in [5.74, 6) is 0. The van der Waals surface area contributed by atoms with Gasteiger partial charge in [0.2, 0.25) is 0 Å². The van der Waals surface area contributed by atoms with Crippen LogP contribution in [0.2, 0.25) is 0 Å². The number of benzene rings is 4. The maximum atomic E-state index is 14.3. The molecule has 1 aromatic heterocycles. The highest BCUT2D eigenvalue weighted by atomic mass is 19.4. The molecule has 142 valence electrons. The number of nitrogens with zero attached hydrogens (tertiary/aromatic N) is 1. The standard InChI is InChI=1S/C25H16F3N/c26-25(27,28)24-20-12-6-4-8-17(20)14-15-22(24)29-21-13-7-5-11-19(21)16-23(29)18-9-2-1-3-10-18/h1-16H. The van der Waals surface area contributed by atoms with E-state index in [1.807, 2.05) is 60.7 Å². The Kier molecular flexibility index (Phi) is 3.95. The predicted molar refractivity (Wildman–Crippen MR) is 111 cm³/mol. The zero-order valence-corrected chi connectivity index (χ0v) is 15.3. The quantitative estimate of drug-likeness (QED) is 0.296. The normalized spacial score (nSPS) is 12.0. The fraction of sp³-hybridized carbons (Fsp3) is 0.0400. The Hall–Kier alpha value is -3.53. The molecule has 5 aromatic rings. The number of fused-ring (bicyclic) bond motifs is 2. The molecule has 0 unspecified atom stereocenters. The fourth-order valence-corrected chi connectivity index (χ4v) is 3.98. The SMILES string of the molecule is FC(F)(F)c1c(-n2c(-c3ccccc3)cc3ccccc32)ccc2ccccc12. The van der Waals surface area contributed by atoms with Crippen molar-refractivity contribution in [2.75, 3.05) is 0 Å². The lowest BCUT2D eigenvalue weighted by Gasteiger charge is -2.19. The molecule has 1 nitrogen and oxygen atoms in total. The molecule has 0 radical (unpaired) electrons. The molecule has 0 N–H and O–H groups in total. The van der Waals surface area contributed by atoms with Crippen LogP contribution in [-0.4, -0.2) is 4.57 Å². The van der Waals surface area contributed by atoms with Gasteiger partial charge in [0.1, 0.15) is 0 Å². The van der Waals surface area contributed by atoms with Crippen molar-refractivity contribution in [1.29, 1.82) is 0 Å². The molecule has 29 heavy (non-hydrogen) atoms. The molecule has 0 aliphatic heterocycles. The van der Waals surface area contributed by atoms with E-state index in [2.05, 4.69) is 0 Å². The van der Waals surface area contributed by atoms with Crippen LogP contribution in [0.25, 0.3) is 38.6 Å². The summed E-state index contributed by atoms with van der Waals surface area (Å²) in [4.78, 5) is 0. The lowest BCUT2D eigenvalue weighted by Crippen LogP contribution is -2.12. The Morgan fingerprint density at radius 3 is 2.03 bits per heavy atom. The first kappa shape index (κ1) is 17.6. The first-order chi connectivity index (χ1) is 14.0. The smallest absolute Gasteiger partial charge is 0.309 e. The number of hydrogen-bond acceptors (Lipinski definition) is 0. The summed E-state index contributed by atoms with van der Waals surface area (Å²) < 4.78 is 44.6. The second-order valence-electron chi connectivity index (χ2n) is 6.97. The van der Waals surface area contributed by atoms with Crippen molar-refractivity contribution in [2.45, 2.75) is 6.18 Å². The lowest BCUT2D eigenvalue weighted by atomic mass is 10.0. The van der Waals surface area contributed by atoms with Gasteiger partial charge in [-0.05, 0) is 34.5 Å². The summed E-state index contributed by atoms with van der Waals surface area (Å²) in [6, 6.07) is 29.0. The van der Waals surface area contributed by atoms with Crippen LogP contribution in [0.3, 0.4) is 0 Å². The van der Waals surface area contributed by atoms with Gasteiger partial charge >= 0.3 is 6.18 Å². The summed E-state index contributed by atoms with van der Waals surface area (Å²) >= 11 is 0. The van der Waals surface area contributed by atoms with Crippen LogP contribution < -0.4 is 0 Å². The minimum atomic E-state index is -4.49. The van der Waals surface area contributed by atoms with Crippen LogP contribution in [0.5, 0.6) is 0 Å². The van der Waals surface area contributed by atoms with E-state index in [9.17, 15) is 13.2 Å². The summed E-state index contributed by atoms with van der Waals surface area (Å²) in [5, 5.41) is 1.67. The molecule has 0 saturated carbocycles. The number of rotatable bonds is 2. The Morgan fingerprint density at radius 1 is 0.621 bits per heavy atom. The van der Waals surface area contributed by atoms with E-state index in [0.29, 0.717) is 5.39 Å². The molecule has 4 heteroatoms. The van der Waals surface area contributed by atoms with E-state index in [1.165, 1.54) is 6.07 Å². The fourth-order valence-electron chi connectivity index (χ4n) is 3.98. The molecular formula is C25H16F3N. The largest absolute Gasteiger partial charge is 0.419 e. The first-order valence-electron chi connectivity index (χ1n) is 9.29. The third-order valence-corrected chi connectivity index (χ3v) is 5.21. The molecule has 0 aliphatic carbocycles. The number of alkyl halides is 3. The molecule has 0 spiro atoms. The van der Waals surface area contributed by atoms with E-state index in [-0.39, 0.29) is 11.1 Å². The van der Waals surface area contributed by atoms with Gasteiger partial charge in [0.05, 0.1) is 22.5 Å². The van der Waals surface area contributed by atoms with Crippen LogP contribution in [0.4, 0.5) is 13.2 Å². The van der Waals surface area contributed by atoms with Gasteiger partial charge in [-0.1, -0.05) is 78.9 Å². The monoisotopic (exact) mass is 387 g/mol. The van der Waals surface area contributed by atoms with Crippen LogP contribution in [0.15, 0.2) is 97.1 Å². The van der Waals surface area contributed by atoms with Crippen molar-refractivity contribution in [3.63, 3.8) is 0 Å². The van der Waals surface area contributed by atoms with Gasteiger partial charge in [0, 0.05) is 5.39 Å². The zero-order chi connectivity index (χ0) is 20.0. The minimum absolute atomic E-state index is 0.135. The summed E-state index contributed by atoms with van der Waals surface area (Å²) in [6.45, 7) is 0. The highest BCUT2D eigenvalue weighted by molar-refractivity contribution is 5.93. The van der Waals surface area contributed by atoms with Crippen LogP contribution in [0, 0.1) is 0 Å². The van der Waals surface area contributed by atoms with Crippen molar-refractivity contribution >= 4 is 21.7 Å². The number of halogens is 3. The van der Waals surface area contributed by atoms with Gasteiger partial charge in [-0.3, -0.25) is 0 Å². The number of hydrogen-bond donors (Lipinski definition) is 0. The van der Waals surface area contributed by atoms with E-state index in [4.69, 9.17) is 0 Å². The van der Waals surface area contributed by atoms with E-state index >= 15 is 0 Å². The maximum Gasteiger partial charge on any atom is 0.419 e. The van der Waals surface area contributed by atoms with Gasteiger partial charge in [0.15, 0.2) is 0 Å². The molecule has 1 heterocycles. The van der Waals surface area contributed by atoms with Crippen LogP contribution >= 0.6 is 0 Å². The van der Waals surface area contributed by atoms with E-state index in [1.54, 1.807) is 34.9 Å². The van der Waals surface area contributed by atoms with Gasteiger partial charge < -0.3 is 4.57 Å². The van der Waals surface area contributed by atoms with Gasteiger partial charge in [-0.15, -0.1) is 0 Å². The van der Waals surface area contributed by atoms with Crippen molar-refractivity contribution in [2.24, 2.45) is 0 Å². The average Bonchev–Trinajstić information content (AvgIpc) is 3.12.